The van der Waals surface area contributed by atoms with Gasteiger partial charge in [-0.05, 0) is 18.2 Å². The van der Waals surface area contributed by atoms with Crippen LogP contribution in [0.2, 0.25) is 0 Å². The number of halogens is 2. The Balaban J connectivity index is 2.28. The fourth-order valence-corrected chi connectivity index (χ4v) is 2.91. The molecule has 0 aliphatic rings. The van der Waals surface area contributed by atoms with Gasteiger partial charge < -0.3 is 14.8 Å². The number of nitrogens with one attached hydrogen (secondary N) is 1. The Kier molecular flexibility index (Phi) is 4.94. The number of amides is 1. The van der Waals surface area contributed by atoms with Gasteiger partial charge in [0, 0.05) is 62.8 Å². The normalized spacial score (nSPS) is 11.7. The lowest BCUT2D eigenvalue weighted by atomic mass is 10.0. The van der Waals surface area contributed by atoms with E-state index in [1.807, 2.05) is 25.1 Å². The summed E-state index contributed by atoms with van der Waals surface area (Å²) < 4.78 is 28.2. The maximum atomic E-state index is 14.4. The fraction of sp³-hybridized carbons (Fsp3) is 0.200. The number of rotatable bonds is 4. The van der Waals surface area contributed by atoms with Crippen molar-refractivity contribution in [3.05, 3.63) is 59.4 Å². The van der Waals surface area contributed by atoms with E-state index < -0.39 is 17.5 Å². The van der Waals surface area contributed by atoms with E-state index >= 15 is 0 Å². The molecule has 140 valence electrons. The second-order valence-electron chi connectivity index (χ2n) is 6.55. The van der Waals surface area contributed by atoms with Crippen LogP contribution in [0.5, 0.6) is 0 Å². The number of aromatic nitrogens is 2. The third-order valence-corrected chi connectivity index (χ3v) is 4.24. The largest absolute Gasteiger partial charge is 0.377 e. The minimum absolute atomic E-state index is 0.0615. The minimum Gasteiger partial charge on any atom is -0.377 e. The number of hydrogen-bond donors (Lipinski definition) is 1. The number of hydrogen-bond acceptors (Lipinski definition) is 3. The summed E-state index contributed by atoms with van der Waals surface area (Å²) in [6, 6.07) is 5.65. The van der Waals surface area contributed by atoms with E-state index in [0.717, 1.165) is 17.1 Å². The number of nitrogens with zero attached hydrogens (tertiary/aromatic N) is 3. The zero-order valence-corrected chi connectivity index (χ0v) is 15.5. The predicted molar refractivity (Wildman–Crippen MR) is 103 cm³/mol. The van der Waals surface area contributed by atoms with E-state index in [1.54, 1.807) is 32.6 Å². The highest BCUT2D eigenvalue weighted by atomic mass is 19.2. The molecule has 1 N–H and O–H groups in total. The summed E-state index contributed by atoms with van der Waals surface area (Å²) in [7, 11) is 6.92. The quantitative estimate of drug-likeness (QED) is 0.715. The van der Waals surface area contributed by atoms with Crippen LogP contribution in [-0.4, -0.2) is 49.0 Å². The average molecular weight is 370 g/mol. The molecule has 0 saturated carbocycles. The van der Waals surface area contributed by atoms with Crippen LogP contribution in [0.3, 0.4) is 0 Å². The number of likely N-dealkylation sites (N-methyl/N-ethyl adjacent to an activating group) is 1. The average Bonchev–Trinajstić information content (AvgIpc) is 3.04. The van der Waals surface area contributed by atoms with Crippen LogP contribution < -0.4 is 4.90 Å². The van der Waals surface area contributed by atoms with Crippen molar-refractivity contribution >= 4 is 34.3 Å². The Morgan fingerprint density at radius 3 is 2.56 bits per heavy atom. The maximum Gasteiger partial charge on any atom is 0.254 e. The van der Waals surface area contributed by atoms with Crippen LogP contribution in [-0.2, 0) is 4.79 Å². The molecule has 0 bridgehead atoms. The smallest absolute Gasteiger partial charge is 0.254 e. The molecule has 27 heavy (non-hydrogen) atoms. The van der Waals surface area contributed by atoms with Gasteiger partial charge in [0.15, 0.2) is 11.6 Å². The van der Waals surface area contributed by atoms with Gasteiger partial charge >= 0.3 is 0 Å². The molecule has 1 amide bonds. The highest BCUT2D eigenvalue weighted by Crippen LogP contribution is 2.31. The van der Waals surface area contributed by atoms with Crippen molar-refractivity contribution < 1.29 is 13.6 Å². The lowest BCUT2D eigenvalue weighted by molar-refractivity contribution is -0.122. The molecule has 0 fully saturated rings. The molecule has 0 aliphatic heterocycles. The molecule has 0 saturated heterocycles. The molecule has 5 nitrogen and oxygen atoms in total. The van der Waals surface area contributed by atoms with E-state index in [4.69, 9.17) is 0 Å². The minimum atomic E-state index is -1.05. The number of anilines is 1. The molecule has 3 rings (SSSR count). The van der Waals surface area contributed by atoms with Crippen LogP contribution >= 0.6 is 0 Å². The monoisotopic (exact) mass is 370 g/mol. The Morgan fingerprint density at radius 2 is 1.89 bits per heavy atom. The van der Waals surface area contributed by atoms with Crippen LogP contribution in [0.4, 0.5) is 14.5 Å². The Labute approximate surface area is 155 Å². The predicted octanol–water partition coefficient (Wildman–Crippen LogP) is 3.54. The summed E-state index contributed by atoms with van der Waals surface area (Å²) in [6.45, 7) is 0. The molecule has 0 radical (unpaired) electrons. The summed E-state index contributed by atoms with van der Waals surface area (Å²) in [5.74, 6) is -2.48. The Hall–Kier alpha value is -3.22. The first-order chi connectivity index (χ1) is 12.8. The molecule has 2 aromatic heterocycles. The van der Waals surface area contributed by atoms with E-state index in [-0.39, 0.29) is 11.1 Å². The van der Waals surface area contributed by atoms with Gasteiger partial charge in [-0.3, -0.25) is 4.79 Å². The van der Waals surface area contributed by atoms with Crippen molar-refractivity contribution in [2.24, 2.45) is 0 Å². The zero-order chi connectivity index (χ0) is 19.7. The molecule has 0 aliphatic carbocycles. The van der Waals surface area contributed by atoms with Crippen molar-refractivity contribution in [1.29, 1.82) is 0 Å². The van der Waals surface area contributed by atoms with E-state index in [9.17, 15) is 13.6 Å². The maximum absolute atomic E-state index is 14.4. The van der Waals surface area contributed by atoms with Gasteiger partial charge in [0.25, 0.3) is 5.91 Å². The molecule has 0 spiro atoms. The van der Waals surface area contributed by atoms with Gasteiger partial charge in [-0.15, -0.1) is 0 Å². The Morgan fingerprint density at radius 1 is 1.15 bits per heavy atom. The lowest BCUT2D eigenvalue weighted by Gasteiger charge is -2.16. The van der Waals surface area contributed by atoms with Gasteiger partial charge in [0.1, 0.15) is 5.65 Å². The molecular formula is C20H20F2N4O. The molecule has 0 unspecified atom stereocenters. The molecule has 0 atom stereocenters. The summed E-state index contributed by atoms with van der Waals surface area (Å²) >= 11 is 0. The number of pyridine rings is 1. The molecule has 2 heterocycles. The zero-order valence-electron chi connectivity index (χ0n) is 15.5. The first-order valence-corrected chi connectivity index (χ1v) is 8.32. The summed E-state index contributed by atoms with van der Waals surface area (Å²) in [6.07, 6.45) is 4.94. The number of H-pyrrole nitrogens is 1. The molecule has 7 heteroatoms. The third kappa shape index (κ3) is 3.40. The van der Waals surface area contributed by atoms with Crippen molar-refractivity contribution in [2.45, 2.75) is 0 Å². The second kappa shape index (κ2) is 7.19. The van der Waals surface area contributed by atoms with Gasteiger partial charge in [0.05, 0.1) is 5.57 Å². The number of aromatic amines is 1. The summed E-state index contributed by atoms with van der Waals surface area (Å²) in [5, 5.41) is 0.795. The number of carbonyl (C=O) groups is 1. The van der Waals surface area contributed by atoms with Gasteiger partial charge in [-0.2, -0.15) is 0 Å². The standard InChI is InChI=1S/C20H20F2N4O/c1-25(2)16-8-9-23-19-17(16)12(11-24-19)10-14(20(27)26(3)4)13-6-5-7-15(21)18(13)22/h5-11H,1-4H3,(H,23,24). The van der Waals surface area contributed by atoms with Crippen molar-refractivity contribution in [3.8, 4) is 0 Å². The molecule has 3 aromatic rings. The van der Waals surface area contributed by atoms with Gasteiger partial charge in [-0.25, -0.2) is 13.8 Å². The SMILES string of the molecule is CN(C)C(=O)C(=Cc1c[nH]c2nccc(N(C)C)c12)c1cccc(F)c1F. The molecule has 1 aromatic carbocycles. The number of benzene rings is 1. The van der Waals surface area contributed by atoms with Gasteiger partial charge in [-0.1, -0.05) is 12.1 Å². The Bertz CT molecular complexity index is 1040. The lowest BCUT2D eigenvalue weighted by Crippen LogP contribution is -2.23. The summed E-state index contributed by atoms with van der Waals surface area (Å²) in [4.78, 5) is 23.3. The van der Waals surface area contributed by atoms with Gasteiger partial charge in [0.2, 0.25) is 0 Å². The number of carbonyl (C=O) groups excluding carboxylic acids is 1. The van der Waals surface area contributed by atoms with Crippen molar-refractivity contribution in [3.63, 3.8) is 0 Å². The fourth-order valence-electron chi connectivity index (χ4n) is 2.91. The van der Waals surface area contributed by atoms with Crippen LogP contribution in [0.25, 0.3) is 22.7 Å². The first kappa shape index (κ1) is 18.6. The van der Waals surface area contributed by atoms with Crippen LogP contribution in [0, 0.1) is 11.6 Å². The third-order valence-electron chi connectivity index (χ3n) is 4.24. The summed E-state index contributed by atoms with van der Waals surface area (Å²) in [5.41, 5.74) is 2.17. The second-order valence-corrected chi connectivity index (χ2v) is 6.55. The number of fused-ring (bicyclic) bond motifs is 1. The van der Waals surface area contributed by atoms with E-state index in [1.165, 1.54) is 17.0 Å². The topological polar surface area (TPSA) is 52.2 Å². The van der Waals surface area contributed by atoms with E-state index in [2.05, 4.69) is 9.97 Å². The van der Waals surface area contributed by atoms with Crippen LogP contribution in [0.15, 0.2) is 36.7 Å². The van der Waals surface area contributed by atoms with Crippen LogP contribution in [0.1, 0.15) is 11.1 Å². The first-order valence-electron chi connectivity index (χ1n) is 8.32. The van der Waals surface area contributed by atoms with Crippen molar-refractivity contribution in [1.82, 2.24) is 14.9 Å². The highest BCUT2D eigenvalue weighted by Gasteiger charge is 2.21. The molecular weight excluding hydrogens is 350 g/mol. The highest BCUT2D eigenvalue weighted by molar-refractivity contribution is 6.25. The van der Waals surface area contributed by atoms with E-state index in [0.29, 0.717) is 11.2 Å². The van der Waals surface area contributed by atoms with Crippen molar-refractivity contribution in [2.75, 3.05) is 33.1 Å².